The van der Waals surface area contributed by atoms with Gasteiger partial charge in [0.1, 0.15) is 5.75 Å². The van der Waals surface area contributed by atoms with E-state index < -0.39 is 5.91 Å². The van der Waals surface area contributed by atoms with Gasteiger partial charge in [-0.2, -0.15) is 0 Å². The molecule has 0 fully saturated rings. The summed E-state index contributed by atoms with van der Waals surface area (Å²) in [7, 11) is 3.14. The van der Waals surface area contributed by atoms with E-state index in [1.165, 1.54) is 23.1 Å². The molecule has 0 spiro atoms. The van der Waals surface area contributed by atoms with Crippen molar-refractivity contribution in [2.45, 2.75) is 6.42 Å². The summed E-state index contributed by atoms with van der Waals surface area (Å²) in [5, 5.41) is 2.80. The van der Waals surface area contributed by atoms with Gasteiger partial charge in [-0.25, -0.2) is 0 Å². The zero-order valence-electron chi connectivity index (χ0n) is 18.9. The molecule has 0 saturated carbocycles. The van der Waals surface area contributed by atoms with Gasteiger partial charge in [-0.3, -0.25) is 19.3 Å². The van der Waals surface area contributed by atoms with E-state index in [0.29, 0.717) is 41.5 Å². The average Bonchev–Trinajstić information content (AvgIpc) is 3.10. The molecular weight excluding hydrogens is 436 g/mol. The number of methoxy groups -OCH3 is 2. The van der Waals surface area contributed by atoms with Gasteiger partial charge in [0.25, 0.3) is 17.7 Å². The van der Waals surface area contributed by atoms with E-state index in [1.54, 1.807) is 50.6 Å². The Hall–Kier alpha value is -4.17. The van der Waals surface area contributed by atoms with E-state index in [4.69, 9.17) is 14.2 Å². The molecule has 3 aromatic rings. The Labute approximate surface area is 197 Å². The van der Waals surface area contributed by atoms with Crippen molar-refractivity contribution in [1.82, 2.24) is 4.90 Å². The van der Waals surface area contributed by atoms with E-state index in [2.05, 4.69) is 5.32 Å². The van der Waals surface area contributed by atoms with Crippen LogP contribution in [0.5, 0.6) is 17.2 Å². The van der Waals surface area contributed by atoms with Crippen LogP contribution in [0.3, 0.4) is 0 Å². The van der Waals surface area contributed by atoms with Crippen LogP contribution in [0.2, 0.25) is 0 Å². The molecule has 34 heavy (non-hydrogen) atoms. The van der Waals surface area contributed by atoms with E-state index >= 15 is 0 Å². The van der Waals surface area contributed by atoms with Crippen LogP contribution in [0.4, 0.5) is 5.69 Å². The second-order valence-corrected chi connectivity index (χ2v) is 7.60. The number of anilines is 1. The fraction of sp³-hybridized carbons (Fsp3) is 0.192. The highest BCUT2D eigenvalue weighted by Crippen LogP contribution is 2.31. The zero-order chi connectivity index (χ0) is 24.1. The maximum absolute atomic E-state index is 12.8. The first-order chi connectivity index (χ1) is 16.5. The summed E-state index contributed by atoms with van der Waals surface area (Å²) in [6, 6.07) is 18.7. The minimum atomic E-state index is -0.399. The molecule has 3 aromatic carbocycles. The second kappa shape index (κ2) is 10.2. The Balaban J connectivity index is 1.43. The number of nitrogens with one attached hydrogen (secondary N) is 1. The summed E-state index contributed by atoms with van der Waals surface area (Å²) in [6.45, 7) is 0.717. The van der Waals surface area contributed by atoms with Crippen molar-refractivity contribution in [3.8, 4) is 17.2 Å². The standard InChI is InChI=1S/C26H24N2O6/c1-32-15-5-14-28-25(30)20-13-8-17(16-21(20)26(28)31)24(29)27-18-9-11-19(12-10-18)34-23-7-4-3-6-22(23)33-2/h3-4,6-13,16H,5,14-15H2,1-2H3,(H,27,29). The molecule has 0 aromatic heterocycles. The highest BCUT2D eigenvalue weighted by Gasteiger charge is 2.35. The fourth-order valence-electron chi connectivity index (χ4n) is 3.64. The summed E-state index contributed by atoms with van der Waals surface area (Å²) in [5.41, 5.74) is 1.38. The minimum Gasteiger partial charge on any atom is -0.493 e. The molecule has 3 amide bonds. The quantitative estimate of drug-likeness (QED) is 0.376. The van der Waals surface area contributed by atoms with Gasteiger partial charge >= 0.3 is 0 Å². The van der Waals surface area contributed by atoms with Crippen LogP contribution in [0.1, 0.15) is 37.5 Å². The van der Waals surface area contributed by atoms with Crippen molar-refractivity contribution >= 4 is 23.4 Å². The minimum absolute atomic E-state index is 0.232. The van der Waals surface area contributed by atoms with E-state index in [1.807, 2.05) is 12.1 Å². The molecule has 174 valence electrons. The third-order valence-corrected chi connectivity index (χ3v) is 5.37. The van der Waals surface area contributed by atoms with Crippen molar-refractivity contribution in [1.29, 1.82) is 0 Å². The molecule has 1 heterocycles. The Kier molecular flexibility index (Phi) is 6.89. The third-order valence-electron chi connectivity index (χ3n) is 5.37. The molecule has 1 N–H and O–H groups in total. The number of benzene rings is 3. The first kappa shape index (κ1) is 23.0. The topological polar surface area (TPSA) is 94.2 Å². The number of ether oxygens (including phenoxy) is 3. The Bertz CT molecular complexity index is 1220. The first-order valence-corrected chi connectivity index (χ1v) is 10.7. The number of amides is 3. The maximum Gasteiger partial charge on any atom is 0.261 e. The van der Waals surface area contributed by atoms with Crippen LogP contribution >= 0.6 is 0 Å². The molecule has 4 rings (SSSR count). The van der Waals surface area contributed by atoms with Gasteiger partial charge < -0.3 is 19.5 Å². The average molecular weight is 460 g/mol. The molecule has 0 radical (unpaired) electrons. The molecule has 1 aliphatic rings. The van der Waals surface area contributed by atoms with E-state index in [-0.39, 0.29) is 29.5 Å². The van der Waals surface area contributed by atoms with Crippen molar-refractivity contribution in [3.05, 3.63) is 83.4 Å². The summed E-state index contributed by atoms with van der Waals surface area (Å²) in [5.74, 6) is 0.631. The van der Waals surface area contributed by atoms with Gasteiger partial charge in [0.05, 0.1) is 18.2 Å². The SMILES string of the molecule is COCCCN1C(=O)c2ccc(C(=O)Nc3ccc(Oc4ccccc4OC)cc3)cc2C1=O. The summed E-state index contributed by atoms with van der Waals surface area (Å²) in [6.07, 6.45) is 0.548. The molecule has 0 bridgehead atoms. The van der Waals surface area contributed by atoms with Gasteiger partial charge in [0.15, 0.2) is 11.5 Å². The monoisotopic (exact) mass is 460 g/mol. The number of imide groups is 1. The number of nitrogens with zero attached hydrogens (tertiary/aromatic N) is 1. The van der Waals surface area contributed by atoms with Gasteiger partial charge in [0.2, 0.25) is 0 Å². The van der Waals surface area contributed by atoms with Crippen molar-refractivity contribution in [2.75, 3.05) is 32.7 Å². The number of rotatable bonds is 9. The summed E-state index contributed by atoms with van der Waals surface area (Å²) in [4.78, 5) is 39.2. The summed E-state index contributed by atoms with van der Waals surface area (Å²) < 4.78 is 16.1. The predicted molar refractivity (Wildman–Crippen MR) is 126 cm³/mol. The number of fused-ring (bicyclic) bond motifs is 1. The predicted octanol–water partition coefficient (Wildman–Crippen LogP) is 4.37. The third kappa shape index (κ3) is 4.77. The fourth-order valence-corrected chi connectivity index (χ4v) is 3.64. The summed E-state index contributed by atoms with van der Waals surface area (Å²) >= 11 is 0. The number of carbonyl (C=O) groups excluding carboxylic acids is 3. The Morgan fingerprint density at radius 2 is 1.59 bits per heavy atom. The first-order valence-electron chi connectivity index (χ1n) is 10.7. The number of para-hydroxylation sites is 2. The van der Waals surface area contributed by atoms with Crippen LogP contribution in [0.25, 0.3) is 0 Å². The number of hydrogen-bond donors (Lipinski definition) is 1. The van der Waals surface area contributed by atoms with Crippen molar-refractivity contribution < 1.29 is 28.6 Å². The Morgan fingerprint density at radius 1 is 0.882 bits per heavy atom. The molecule has 0 saturated heterocycles. The van der Waals surface area contributed by atoms with Gasteiger partial charge in [-0.15, -0.1) is 0 Å². The van der Waals surface area contributed by atoms with Crippen LogP contribution < -0.4 is 14.8 Å². The number of carbonyl (C=O) groups is 3. The van der Waals surface area contributed by atoms with Gasteiger partial charge in [-0.1, -0.05) is 12.1 Å². The molecule has 0 atom stereocenters. The second-order valence-electron chi connectivity index (χ2n) is 7.60. The smallest absolute Gasteiger partial charge is 0.261 e. The highest BCUT2D eigenvalue weighted by molar-refractivity contribution is 6.22. The van der Waals surface area contributed by atoms with E-state index in [9.17, 15) is 14.4 Å². The zero-order valence-corrected chi connectivity index (χ0v) is 18.9. The number of hydrogen-bond acceptors (Lipinski definition) is 6. The van der Waals surface area contributed by atoms with Crippen LogP contribution in [0, 0.1) is 0 Å². The van der Waals surface area contributed by atoms with Gasteiger partial charge in [-0.05, 0) is 61.0 Å². The maximum atomic E-state index is 12.8. The lowest BCUT2D eigenvalue weighted by molar-refractivity contribution is 0.0638. The van der Waals surface area contributed by atoms with Crippen molar-refractivity contribution in [3.63, 3.8) is 0 Å². The lowest BCUT2D eigenvalue weighted by Crippen LogP contribution is -2.31. The molecule has 8 nitrogen and oxygen atoms in total. The van der Waals surface area contributed by atoms with Crippen LogP contribution in [-0.2, 0) is 4.74 Å². The largest absolute Gasteiger partial charge is 0.493 e. The molecular formula is C26H24N2O6. The lowest BCUT2D eigenvalue weighted by atomic mass is 10.1. The lowest BCUT2D eigenvalue weighted by Gasteiger charge is -2.12. The Morgan fingerprint density at radius 3 is 2.29 bits per heavy atom. The molecule has 1 aliphatic heterocycles. The molecule has 0 aliphatic carbocycles. The van der Waals surface area contributed by atoms with E-state index in [0.717, 1.165) is 0 Å². The highest BCUT2D eigenvalue weighted by atomic mass is 16.5. The molecule has 8 heteroatoms. The normalized spacial score (nSPS) is 12.5. The van der Waals surface area contributed by atoms with Crippen molar-refractivity contribution in [2.24, 2.45) is 0 Å². The van der Waals surface area contributed by atoms with Crippen LogP contribution in [-0.4, -0.2) is 50.0 Å². The van der Waals surface area contributed by atoms with Crippen LogP contribution in [0.15, 0.2) is 66.7 Å². The molecule has 0 unspecified atom stereocenters. The van der Waals surface area contributed by atoms with Gasteiger partial charge in [0, 0.05) is 31.5 Å².